The van der Waals surface area contributed by atoms with Gasteiger partial charge in [-0.25, -0.2) is 0 Å². The summed E-state index contributed by atoms with van der Waals surface area (Å²) in [5.74, 6) is 1.88. The maximum atomic E-state index is 14.0. The van der Waals surface area contributed by atoms with E-state index >= 15 is 0 Å². The van der Waals surface area contributed by atoms with Gasteiger partial charge in [0.15, 0.2) is 7.14 Å². The average Bonchev–Trinajstić information content (AvgIpc) is 2.73. The summed E-state index contributed by atoms with van der Waals surface area (Å²) in [4.78, 5) is 0. The second-order valence-electron chi connectivity index (χ2n) is 6.25. The van der Waals surface area contributed by atoms with Crippen LogP contribution >= 0.6 is 7.14 Å². The maximum Gasteiger partial charge on any atom is 0.164 e. The van der Waals surface area contributed by atoms with Crippen LogP contribution in [0.5, 0.6) is 0 Å². The molecule has 0 radical (unpaired) electrons. The molecule has 0 fully saturated rings. The van der Waals surface area contributed by atoms with Gasteiger partial charge >= 0.3 is 0 Å². The summed E-state index contributed by atoms with van der Waals surface area (Å²) in [6.45, 7) is 0. The smallest absolute Gasteiger partial charge is 0.164 e. The molecule has 0 atom stereocenters. The van der Waals surface area contributed by atoms with Crippen molar-refractivity contribution in [2.75, 3.05) is 0 Å². The van der Waals surface area contributed by atoms with Crippen molar-refractivity contribution < 1.29 is 4.57 Å². The monoisotopic (exact) mass is 354 g/mol. The van der Waals surface area contributed by atoms with Crippen LogP contribution in [-0.2, 0) is 4.57 Å². The molecular formula is C24H19OP. The third kappa shape index (κ3) is 3.27. The van der Waals surface area contributed by atoms with E-state index in [4.69, 9.17) is 0 Å². The molecule has 0 aromatic heterocycles. The highest BCUT2D eigenvalue weighted by Gasteiger charge is 2.23. The van der Waals surface area contributed by atoms with Crippen LogP contribution in [0.4, 0.5) is 0 Å². The van der Waals surface area contributed by atoms with Gasteiger partial charge in [-0.15, -0.1) is 0 Å². The largest absolute Gasteiger partial charge is 0.309 e. The van der Waals surface area contributed by atoms with Crippen LogP contribution in [0.15, 0.2) is 109 Å². The van der Waals surface area contributed by atoms with Gasteiger partial charge in [0.25, 0.3) is 0 Å². The molecule has 0 bridgehead atoms. The van der Waals surface area contributed by atoms with Crippen LogP contribution in [0.1, 0.15) is 5.56 Å². The fourth-order valence-corrected chi connectivity index (χ4v) is 5.38. The van der Waals surface area contributed by atoms with Gasteiger partial charge in [-0.05, 0) is 28.2 Å². The standard InChI is InChI=1S/C24H19OP/c25-26(23-11-3-1-4-12-23,24-13-5-2-6-14-24)18-17-20-15-16-21-9-7-8-10-22(21)19-20/h1-19H/b18-17-. The van der Waals surface area contributed by atoms with E-state index in [1.807, 2.05) is 84.7 Å². The Balaban J connectivity index is 1.79. The molecule has 0 unspecified atom stereocenters. The van der Waals surface area contributed by atoms with E-state index < -0.39 is 7.14 Å². The number of hydrogen-bond donors (Lipinski definition) is 0. The van der Waals surface area contributed by atoms with Gasteiger partial charge in [0.2, 0.25) is 0 Å². The number of benzene rings is 4. The third-order valence-electron chi connectivity index (χ3n) is 4.53. The first-order valence-electron chi connectivity index (χ1n) is 8.65. The van der Waals surface area contributed by atoms with Gasteiger partial charge in [-0.1, -0.05) is 103 Å². The van der Waals surface area contributed by atoms with Crippen molar-refractivity contribution in [2.45, 2.75) is 0 Å². The maximum absolute atomic E-state index is 14.0. The first-order chi connectivity index (χ1) is 12.8. The number of fused-ring (bicyclic) bond motifs is 1. The zero-order valence-corrected chi connectivity index (χ0v) is 15.2. The lowest BCUT2D eigenvalue weighted by Gasteiger charge is -2.15. The summed E-state index contributed by atoms with van der Waals surface area (Å²) < 4.78 is 14.0. The minimum absolute atomic E-state index is 0.850. The molecule has 4 aromatic carbocycles. The predicted molar refractivity (Wildman–Crippen MR) is 113 cm³/mol. The predicted octanol–water partition coefficient (Wildman–Crippen LogP) is 5.82. The van der Waals surface area contributed by atoms with E-state index in [9.17, 15) is 4.57 Å². The second kappa shape index (κ2) is 7.15. The van der Waals surface area contributed by atoms with Crippen LogP contribution < -0.4 is 10.6 Å². The molecule has 0 aliphatic rings. The highest BCUT2D eigenvalue weighted by Crippen LogP contribution is 2.45. The molecule has 0 amide bonds. The first kappa shape index (κ1) is 16.6. The van der Waals surface area contributed by atoms with Gasteiger partial charge < -0.3 is 4.57 Å². The van der Waals surface area contributed by atoms with Crippen molar-refractivity contribution in [1.29, 1.82) is 0 Å². The quantitative estimate of drug-likeness (QED) is 0.422. The molecule has 1 nitrogen and oxygen atoms in total. The van der Waals surface area contributed by atoms with Crippen molar-refractivity contribution in [3.8, 4) is 0 Å². The van der Waals surface area contributed by atoms with E-state index in [1.54, 1.807) is 0 Å². The number of hydrogen-bond acceptors (Lipinski definition) is 1. The molecule has 4 aromatic rings. The molecular weight excluding hydrogens is 335 g/mol. The Labute approximate surface area is 154 Å². The first-order valence-corrected chi connectivity index (χ1v) is 10.4. The topological polar surface area (TPSA) is 17.1 Å². The molecule has 0 spiro atoms. The fourth-order valence-electron chi connectivity index (χ4n) is 3.12. The van der Waals surface area contributed by atoms with Crippen molar-refractivity contribution in [1.82, 2.24) is 0 Å². The molecule has 126 valence electrons. The number of rotatable bonds is 4. The van der Waals surface area contributed by atoms with Crippen LogP contribution in [0.25, 0.3) is 16.8 Å². The summed E-state index contributed by atoms with van der Waals surface area (Å²) in [5.41, 5.74) is 1.05. The minimum atomic E-state index is -2.83. The van der Waals surface area contributed by atoms with Gasteiger partial charge in [-0.2, -0.15) is 0 Å². The molecule has 26 heavy (non-hydrogen) atoms. The molecule has 4 rings (SSSR count). The van der Waals surface area contributed by atoms with Crippen LogP contribution in [0.2, 0.25) is 0 Å². The summed E-state index contributed by atoms with van der Waals surface area (Å²) >= 11 is 0. The second-order valence-corrected chi connectivity index (χ2v) is 8.90. The molecule has 0 saturated carbocycles. The fraction of sp³-hybridized carbons (Fsp3) is 0. The van der Waals surface area contributed by atoms with Crippen LogP contribution in [0, 0.1) is 0 Å². The van der Waals surface area contributed by atoms with E-state index in [1.165, 1.54) is 10.8 Å². The molecule has 0 aliphatic heterocycles. The SMILES string of the molecule is O=P(/C=C\c1ccc2ccccc2c1)(c1ccccc1)c1ccccc1. The van der Waals surface area contributed by atoms with Gasteiger partial charge in [0, 0.05) is 10.6 Å². The Morgan fingerprint density at radius 2 is 1.12 bits per heavy atom. The van der Waals surface area contributed by atoms with Crippen molar-refractivity contribution in [2.24, 2.45) is 0 Å². The van der Waals surface area contributed by atoms with Gasteiger partial charge in [0.1, 0.15) is 0 Å². The Hall–Kier alpha value is -2.89. The average molecular weight is 354 g/mol. The van der Waals surface area contributed by atoms with Gasteiger partial charge in [0.05, 0.1) is 0 Å². The van der Waals surface area contributed by atoms with E-state index in [2.05, 4.69) is 30.3 Å². The highest BCUT2D eigenvalue weighted by atomic mass is 31.2. The van der Waals surface area contributed by atoms with Crippen LogP contribution in [-0.4, -0.2) is 0 Å². The van der Waals surface area contributed by atoms with Gasteiger partial charge in [-0.3, -0.25) is 0 Å². The molecule has 0 heterocycles. The third-order valence-corrected chi connectivity index (χ3v) is 7.23. The van der Waals surface area contributed by atoms with Crippen molar-refractivity contribution in [3.63, 3.8) is 0 Å². The molecule has 2 heteroatoms. The molecule has 0 N–H and O–H groups in total. The summed E-state index contributed by atoms with van der Waals surface area (Å²) in [6, 6.07) is 34.0. The van der Waals surface area contributed by atoms with E-state index in [0.29, 0.717) is 0 Å². The normalized spacial score (nSPS) is 11.8. The zero-order chi connectivity index (χ0) is 17.8. The lowest BCUT2D eigenvalue weighted by molar-refractivity contribution is 0.592. The molecule has 0 saturated heterocycles. The summed E-state index contributed by atoms with van der Waals surface area (Å²) in [5, 5.41) is 4.09. The van der Waals surface area contributed by atoms with E-state index in [0.717, 1.165) is 16.2 Å². The lowest BCUT2D eigenvalue weighted by atomic mass is 10.1. The van der Waals surface area contributed by atoms with Crippen molar-refractivity contribution in [3.05, 3.63) is 115 Å². The van der Waals surface area contributed by atoms with E-state index in [-0.39, 0.29) is 0 Å². The Morgan fingerprint density at radius 3 is 1.73 bits per heavy atom. The van der Waals surface area contributed by atoms with Crippen molar-refractivity contribution >= 4 is 34.6 Å². The zero-order valence-electron chi connectivity index (χ0n) is 14.3. The summed E-state index contributed by atoms with van der Waals surface area (Å²) in [7, 11) is -2.83. The Morgan fingerprint density at radius 1 is 0.577 bits per heavy atom. The van der Waals surface area contributed by atoms with Crippen LogP contribution in [0.3, 0.4) is 0 Å². The Bertz CT molecular complexity index is 1060. The summed E-state index contributed by atoms with van der Waals surface area (Å²) in [6.07, 6.45) is 1.98. The minimum Gasteiger partial charge on any atom is -0.309 e. The Kier molecular flexibility index (Phi) is 4.56. The lowest BCUT2D eigenvalue weighted by Crippen LogP contribution is -2.13. The highest BCUT2D eigenvalue weighted by molar-refractivity contribution is 7.81. The molecule has 0 aliphatic carbocycles.